The summed E-state index contributed by atoms with van der Waals surface area (Å²) in [6, 6.07) is -0.821. The van der Waals surface area contributed by atoms with Crippen LogP contribution in [0.3, 0.4) is 0 Å². The number of rotatable bonds is 39. The van der Waals surface area contributed by atoms with E-state index in [2.05, 4.69) is 36.5 Å². The van der Waals surface area contributed by atoms with Crippen molar-refractivity contribution in [2.45, 2.75) is 249 Å². The van der Waals surface area contributed by atoms with Crippen molar-refractivity contribution in [2.75, 3.05) is 13.2 Å². The van der Waals surface area contributed by atoms with E-state index < -0.39 is 49.5 Å². The van der Waals surface area contributed by atoms with E-state index in [9.17, 15) is 30.3 Å². The molecule has 1 saturated heterocycles. The molecule has 0 spiro atoms. The average Bonchev–Trinajstić information content (AvgIpc) is 3.20. The second-order valence-corrected chi connectivity index (χ2v) is 16.5. The fourth-order valence-electron chi connectivity index (χ4n) is 7.41. The van der Waals surface area contributed by atoms with Crippen LogP contribution < -0.4 is 5.32 Å². The molecular weight excluding hydrogens is 719 g/mol. The molecule has 57 heavy (non-hydrogen) atoms. The van der Waals surface area contributed by atoms with Crippen LogP contribution in [0.1, 0.15) is 206 Å². The van der Waals surface area contributed by atoms with Gasteiger partial charge in [-0.1, -0.05) is 192 Å². The first kappa shape index (κ1) is 53.4. The van der Waals surface area contributed by atoms with Crippen molar-refractivity contribution in [1.29, 1.82) is 0 Å². The Kier molecular flexibility index (Phi) is 36.2. The van der Waals surface area contributed by atoms with Gasteiger partial charge in [0.2, 0.25) is 5.91 Å². The minimum absolute atomic E-state index is 0.212. The lowest BCUT2D eigenvalue weighted by molar-refractivity contribution is -0.302. The Morgan fingerprint density at radius 1 is 0.579 bits per heavy atom. The molecule has 9 heteroatoms. The molecule has 0 radical (unpaired) electrons. The fourth-order valence-corrected chi connectivity index (χ4v) is 7.41. The van der Waals surface area contributed by atoms with Crippen molar-refractivity contribution in [1.82, 2.24) is 5.32 Å². The lowest BCUT2D eigenvalue weighted by Gasteiger charge is -2.40. The Morgan fingerprint density at radius 2 is 1.00 bits per heavy atom. The Hall–Kier alpha value is -1.59. The average molecular weight is 808 g/mol. The van der Waals surface area contributed by atoms with Crippen LogP contribution in [-0.2, 0) is 14.3 Å². The van der Waals surface area contributed by atoms with Gasteiger partial charge < -0.3 is 40.3 Å². The van der Waals surface area contributed by atoms with E-state index in [1.807, 2.05) is 13.0 Å². The predicted octanol–water partition coefficient (Wildman–Crippen LogP) is 10.1. The zero-order valence-electron chi connectivity index (χ0n) is 36.6. The maximum Gasteiger partial charge on any atom is 0.220 e. The van der Waals surface area contributed by atoms with Gasteiger partial charge in [0.05, 0.1) is 25.4 Å². The molecule has 7 atom stereocenters. The molecule has 1 amide bonds. The topological polar surface area (TPSA) is 149 Å². The number of amides is 1. The smallest absolute Gasteiger partial charge is 0.220 e. The summed E-state index contributed by atoms with van der Waals surface area (Å²) in [5, 5.41) is 53.2. The minimum Gasteiger partial charge on any atom is -0.394 e. The first-order valence-corrected chi connectivity index (χ1v) is 23.7. The van der Waals surface area contributed by atoms with Crippen LogP contribution in [0, 0.1) is 0 Å². The highest BCUT2D eigenvalue weighted by atomic mass is 16.7. The van der Waals surface area contributed by atoms with Gasteiger partial charge in [-0.3, -0.25) is 4.79 Å². The fraction of sp³-hybridized carbons (Fsp3) is 0.854. The van der Waals surface area contributed by atoms with Crippen LogP contribution in [-0.4, -0.2) is 87.5 Å². The second-order valence-electron chi connectivity index (χ2n) is 16.5. The number of hydrogen-bond donors (Lipinski definition) is 6. The number of aliphatic hydroxyl groups is 5. The predicted molar refractivity (Wildman–Crippen MR) is 235 cm³/mol. The van der Waals surface area contributed by atoms with E-state index in [1.54, 1.807) is 6.08 Å². The maximum absolute atomic E-state index is 12.3. The Morgan fingerprint density at radius 3 is 1.44 bits per heavy atom. The molecule has 1 fully saturated rings. The summed E-state index contributed by atoms with van der Waals surface area (Å²) < 4.78 is 11.0. The highest BCUT2D eigenvalue weighted by Crippen LogP contribution is 2.22. The highest BCUT2D eigenvalue weighted by molar-refractivity contribution is 5.76. The summed E-state index contributed by atoms with van der Waals surface area (Å²) in [4.78, 5) is 12.3. The van der Waals surface area contributed by atoms with E-state index in [1.165, 1.54) is 154 Å². The van der Waals surface area contributed by atoms with E-state index in [0.717, 1.165) is 25.7 Å². The summed E-state index contributed by atoms with van der Waals surface area (Å²) >= 11 is 0. The van der Waals surface area contributed by atoms with Crippen LogP contribution in [0.15, 0.2) is 36.5 Å². The first-order chi connectivity index (χ1) is 27.8. The molecule has 0 aromatic heterocycles. The monoisotopic (exact) mass is 808 g/mol. The van der Waals surface area contributed by atoms with Gasteiger partial charge >= 0.3 is 0 Å². The summed E-state index contributed by atoms with van der Waals surface area (Å²) in [6.45, 7) is 3.39. The number of nitrogens with one attached hydrogen (secondary N) is 1. The normalized spacial score (nSPS) is 21.3. The van der Waals surface area contributed by atoms with Gasteiger partial charge in [-0.15, -0.1) is 0 Å². The Labute approximate surface area is 349 Å². The van der Waals surface area contributed by atoms with Crippen molar-refractivity contribution in [3.05, 3.63) is 36.5 Å². The minimum atomic E-state index is -1.57. The first-order valence-electron chi connectivity index (χ1n) is 23.7. The van der Waals surface area contributed by atoms with Gasteiger partial charge in [0.25, 0.3) is 0 Å². The molecule has 1 aliphatic rings. The zero-order valence-corrected chi connectivity index (χ0v) is 36.6. The van der Waals surface area contributed by atoms with Gasteiger partial charge in [-0.05, 0) is 44.9 Å². The van der Waals surface area contributed by atoms with Gasteiger partial charge in [-0.2, -0.15) is 0 Å². The van der Waals surface area contributed by atoms with Gasteiger partial charge in [0.15, 0.2) is 6.29 Å². The third kappa shape index (κ3) is 29.3. The van der Waals surface area contributed by atoms with Crippen molar-refractivity contribution in [3.8, 4) is 0 Å². The number of ether oxygens (including phenoxy) is 2. The van der Waals surface area contributed by atoms with Crippen LogP contribution >= 0.6 is 0 Å². The molecule has 0 bridgehead atoms. The standard InChI is InChI=1S/C48H89NO8/c1-3-5-6-7-8-9-10-11-12-13-14-15-16-17-18-19-20-21-22-23-24-25-26-27-28-29-30-31-32-33-34-35-36-38-42(51)41(49-44(52)37-4-2)40-56-48-47(55)46(54)45(53)43(39-50)57-48/h28-29,32-33,36,38,41-43,45-48,50-51,53-55H,3-27,30-31,34-35,37,39-40H2,1-2H3,(H,49,52)/b29-28+,33-32+,38-36+. The van der Waals surface area contributed by atoms with E-state index in [4.69, 9.17) is 9.47 Å². The van der Waals surface area contributed by atoms with E-state index >= 15 is 0 Å². The van der Waals surface area contributed by atoms with Crippen LogP contribution in [0.5, 0.6) is 0 Å². The molecule has 9 nitrogen and oxygen atoms in total. The van der Waals surface area contributed by atoms with E-state index in [-0.39, 0.29) is 18.9 Å². The molecule has 1 heterocycles. The quantitative estimate of drug-likeness (QED) is 0.0266. The Bertz CT molecular complexity index is 987. The van der Waals surface area contributed by atoms with Crippen molar-refractivity contribution < 1.29 is 39.8 Å². The van der Waals surface area contributed by atoms with Crippen molar-refractivity contribution >= 4 is 5.91 Å². The molecule has 0 saturated carbocycles. The van der Waals surface area contributed by atoms with Crippen LogP contribution in [0.2, 0.25) is 0 Å². The SMILES string of the molecule is CCCCCCCCCCCCCCCCCCCCCCCCC/C=C/CC/C=C/CC/C=C/C(O)C(COC1OC(CO)C(O)C(O)C1O)NC(=O)CCC. The zero-order chi connectivity index (χ0) is 41.6. The third-order valence-electron chi connectivity index (χ3n) is 11.2. The van der Waals surface area contributed by atoms with Crippen LogP contribution in [0.25, 0.3) is 0 Å². The van der Waals surface area contributed by atoms with Gasteiger partial charge in [0.1, 0.15) is 24.4 Å². The lowest BCUT2D eigenvalue weighted by atomic mass is 9.99. The molecular formula is C48H89NO8. The molecule has 334 valence electrons. The van der Waals surface area contributed by atoms with Crippen LogP contribution in [0.4, 0.5) is 0 Å². The number of unbranched alkanes of at least 4 members (excludes halogenated alkanes) is 25. The summed E-state index contributed by atoms with van der Waals surface area (Å²) in [6.07, 6.45) is 42.7. The van der Waals surface area contributed by atoms with Crippen molar-refractivity contribution in [2.24, 2.45) is 0 Å². The van der Waals surface area contributed by atoms with Crippen molar-refractivity contribution in [3.63, 3.8) is 0 Å². The number of carbonyl (C=O) groups is 1. The molecule has 0 aromatic rings. The Balaban J connectivity index is 2.00. The third-order valence-corrected chi connectivity index (χ3v) is 11.2. The number of aliphatic hydroxyl groups excluding tert-OH is 5. The molecule has 0 aromatic carbocycles. The molecule has 7 unspecified atom stereocenters. The van der Waals surface area contributed by atoms with E-state index in [0.29, 0.717) is 6.42 Å². The second kappa shape index (κ2) is 38.6. The molecule has 1 rings (SSSR count). The van der Waals surface area contributed by atoms with Gasteiger partial charge in [-0.25, -0.2) is 0 Å². The maximum atomic E-state index is 12.3. The molecule has 6 N–H and O–H groups in total. The summed E-state index contributed by atoms with van der Waals surface area (Å²) in [5.74, 6) is -0.245. The number of carbonyl (C=O) groups excluding carboxylic acids is 1. The number of allylic oxidation sites excluding steroid dienone is 5. The summed E-state index contributed by atoms with van der Waals surface area (Å²) in [5.41, 5.74) is 0. The highest BCUT2D eigenvalue weighted by Gasteiger charge is 2.44. The molecule has 0 aliphatic carbocycles. The van der Waals surface area contributed by atoms with Gasteiger partial charge in [0, 0.05) is 6.42 Å². The molecule has 1 aliphatic heterocycles. The summed E-state index contributed by atoms with van der Waals surface area (Å²) in [7, 11) is 0. The number of hydrogen-bond acceptors (Lipinski definition) is 8. The largest absolute Gasteiger partial charge is 0.394 e. The lowest BCUT2D eigenvalue weighted by Crippen LogP contribution is -2.60.